The summed E-state index contributed by atoms with van der Waals surface area (Å²) in [6, 6.07) is 16.6. The van der Waals surface area contributed by atoms with E-state index in [1.165, 1.54) is 42.6 Å². The van der Waals surface area contributed by atoms with Crippen LogP contribution < -0.4 is 8.37 Å². The van der Waals surface area contributed by atoms with Gasteiger partial charge in [-0.05, 0) is 62.4 Å². The van der Waals surface area contributed by atoms with E-state index in [0.717, 1.165) is 23.3 Å². The summed E-state index contributed by atoms with van der Waals surface area (Å²) in [5.74, 6) is -2.50. The molecule has 1 aromatic heterocycles. The van der Waals surface area contributed by atoms with Crippen molar-refractivity contribution in [2.75, 3.05) is 0 Å². The van der Waals surface area contributed by atoms with E-state index in [4.69, 9.17) is 8.37 Å². The third-order valence-corrected chi connectivity index (χ3v) is 8.37. The van der Waals surface area contributed by atoms with Gasteiger partial charge in [0, 0.05) is 6.20 Å². The zero-order valence-electron chi connectivity index (χ0n) is 20.0. The normalized spacial score (nSPS) is 13.0. The Kier molecular flexibility index (Phi) is 6.12. The van der Waals surface area contributed by atoms with Gasteiger partial charge in [-0.15, -0.1) is 0 Å². The number of nitrogens with zero attached hydrogens (tertiary/aromatic N) is 1. The van der Waals surface area contributed by atoms with Crippen LogP contribution in [0.15, 0.2) is 88.8 Å². The first-order valence-electron chi connectivity index (χ1n) is 11.2. The van der Waals surface area contributed by atoms with Crippen LogP contribution in [0.2, 0.25) is 0 Å². The predicted octanol–water partition coefficient (Wildman–Crippen LogP) is 4.01. The van der Waals surface area contributed by atoms with Crippen LogP contribution >= 0.6 is 0 Å². The highest BCUT2D eigenvalue weighted by atomic mass is 32.2. The average Bonchev–Trinajstić information content (AvgIpc) is 2.88. The SMILES string of the molecule is Cc1ccc(S(=O)(=O)Oc2ccc(OS(=O)(=O)c3ccc(C)cc3)c3c2C(=O)c2cccnc2C3=O)cc1. The Balaban J connectivity index is 1.66. The molecule has 192 valence electrons. The molecule has 0 fully saturated rings. The fraction of sp³-hybridized carbons (Fsp3) is 0.0741. The van der Waals surface area contributed by atoms with Crippen molar-refractivity contribution in [2.45, 2.75) is 23.6 Å². The van der Waals surface area contributed by atoms with Crippen LogP contribution in [-0.4, -0.2) is 33.4 Å². The second kappa shape index (κ2) is 9.19. The highest BCUT2D eigenvalue weighted by Crippen LogP contribution is 2.40. The van der Waals surface area contributed by atoms with Gasteiger partial charge >= 0.3 is 20.2 Å². The van der Waals surface area contributed by atoms with Gasteiger partial charge in [-0.2, -0.15) is 16.8 Å². The first kappa shape index (κ1) is 25.3. The van der Waals surface area contributed by atoms with E-state index in [1.54, 1.807) is 38.1 Å². The summed E-state index contributed by atoms with van der Waals surface area (Å²) in [6.07, 6.45) is 1.31. The van der Waals surface area contributed by atoms with Crippen molar-refractivity contribution in [1.29, 1.82) is 0 Å². The highest BCUT2D eigenvalue weighted by molar-refractivity contribution is 7.87. The van der Waals surface area contributed by atoms with Gasteiger partial charge in [-0.3, -0.25) is 14.6 Å². The van der Waals surface area contributed by atoms with Gasteiger partial charge in [0.05, 0.1) is 16.7 Å². The molecule has 0 radical (unpaired) electrons. The quantitative estimate of drug-likeness (QED) is 0.288. The molecule has 0 unspecified atom stereocenters. The van der Waals surface area contributed by atoms with E-state index in [1.807, 2.05) is 0 Å². The number of carbonyl (C=O) groups is 2. The van der Waals surface area contributed by atoms with Gasteiger partial charge < -0.3 is 8.37 Å². The first-order valence-corrected chi connectivity index (χ1v) is 14.0. The minimum Gasteiger partial charge on any atom is -0.378 e. The zero-order chi connectivity index (χ0) is 27.2. The number of carbonyl (C=O) groups excluding carboxylic acids is 2. The lowest BCUT2D eigenvalue weighted by Crippen LogP contribution is -2.25. The zero-order valence-corrected chi connectivity index (χ0v) is 21.7. The standard InChI is InChI=1S/C27H19NO8S2/c1-16-5-9-18(10-6-16)37(31,32)35-21-13-14-22(36-38(33,34)19-11-7-17(2)8-12-19)24-23(21)26(29)20-4-3-15-28-25(20)27(24)30/h3-15H,1-2H3. The lowest BCUT2D eigenvalue weighted by Gasteiger charge is -2.21. The molecule has 38 heavy (non-hydrogen) atoms. The molecule has 0 atom stereocenters. The fourth-order valence-electron chi connectivity index (χ4n) is 3.92. The fourth-order valence-corrected chi connectivity index (χ4v) is 5.80. The Morgan fingerprint density at radius 2 is 1.05 bits per heavy atom. The van der Waals surface area contributed by atoms with Gasteiger partial charge in [0.2, 0.25) is 5.78 Å². The van der Waals surface area contributed by atoms with Crippen molar-refractivity contribution in [3.8, 4) is 11.5 Å². The van der Waals surface area contributed by atoms with Crippen LogP contribution in [0.25, 0.3) is 0 Å². The number of hydrogen-bond acceptors (Lipinski definition) is 9. The number of fused-ring (bicyclic) bond motifs is 2. The number of aromatic nitrogens is 1. The number of aryl methyl sites for hydroxylation is 2. The van der Waals surface area contributed by atoms with Gasteiger partial charge in [0.25, 0.3) is 0 Å². The molecule has 9 nitrogen and oxygen atoms in total. The van der Waals surface area contributed by atoms with Crippen LogP contribution in [0.3, 0.4) is 0 Å². The van der Waals surface area contributed by atoms with Crippen molar-refractivity contribution in [3.63, 3.8) is 0 Å². The van der Waals surface area contributed by atoms with E-state index in [0.29, 0.717) is 0 Å². The molecule has 11 heteroatoms. The minimum atomic E-state index is -4.42. The van der Waals surface area contributed by atoms with Crippen molar-refractivity contribution >= 4 is 31.8 Å². The van der Waals surface area contributed by atoms with Crippen LogP contribution in [0.5, 0.6) is 11.5 Å². The van der Waals surface area contributed by atoms with E-state index in [9.17, 15) is 26.4 Å². The second-order valence-corrected chi connectivity index (χ2v) is 11.7. The predicted molar refractivity (Wildman–Crippen MR) is 136 cm³/mol. The summed E-state index contributed by atoms with van der Waals surface area (Å²) >= 11 is 0. The minimum absolute atomic E-state index is 0.0823. The highest BCUT2D eigenvalue weighted by Gasteiger charge is 2.38. The number of hydrogen-bond donors (Lipinski definition) is 0. The summed E-state index contributed by atoms with van der Waals surface area (Å²) in [5, 5.41) is 0. The van der Waals surface area contributed by atoms with Crippen LogP contribution in [0.1, 0.15) is 43.1 Å². The molecule has 3 aromatic carbocycles. The Morgan fingerprint density at radius 1 is 0.605 bits per heavy atom. The van der Waals surface area contributed by atoms with Gasteiger partial charge in [-0.1, -0.05) is 35.4 Å². The molecule has 1 heterocycles. The third kappa shape index (κ3) is 4.46. The Hall–Kier alpha value is -4.35. The lowest BCUT2D eigenvalue weighted by molar-refractivity contribution is 0.0972. The molecule has 1 aliphatic rings. The summed E-state index contributed by atoms with van der Waals surface area (Å²) in [4.78, 5) is 30.6. The monoisotopic (exact) mass is 549 g/mol. The molecule has 4 aromatic rings. The average molecular weight is 550 g/mol. The van der Waals surface area contributed by atoms with Crippen molar-refractivity contribution in [3.05, 3.63) is 113 Å². The number of benzene rings is 3. The third-order valence-electron chi connectivity index (χ3n) is 5.87. The summed E-state index contributed by atoms with van der Waals surface area (Å²) in [7, 11) is -8.84. The van der Waals surface area contributed by atoms with Crippen molar-refractivity contribution < 1.29 is 34.8 Å². The van der Waals surface area contributed by atoms with Crippen molar-refractivity contribution in [2.24, 2.45) is 0 Å². The van der Waals surface area contributed by atoms with Gasteiger partial charge in [0.1, 0.15) is 15.5 Å². The molecule has 0 bridgehead atoms. The molecule has 1 aliphatic carbocycles. The Morgan fingerprint density at radius 3 is 1.53 bits per heavy atom. The number of pyridine rings is 1. The molecular weight excluding hydrogens is 530 g/mol. The number of ketones is 2. The van der Waals surface area contributed by atoms with E-state index < -0.39 is 54.4 Å². The molecule has 0 aliphatic heterocycles. The van der Waals surface area contributed by atoms with Crippen LogP contribution in [0.4, 0.5) is 0 Å². The number of rotatable bonds is 6. The molecule has 0 spiro atoms. The molecule has 5 rings (SSSR count). The topological polar surface area (TPSA) is 134 Å². The van der Waals surface area contributed by atoms with E-state index in [-0.39, 0.29) is 21.0 Å². The maximum absolute atomic E-state index is 13.5. The Labute approximate surface area is 218 Å². The molecule has 0 saturated heterocycles. The largest absolute Gasteiger partial charge is 0.378 e. The van der Waals surface area contributed by atoms with E-state index >= 15 is 0 Å². The smallest absolute Gasteiger partial charge is 0.339 e. The first-order chi connectivity index (χ1) is 18.0. The second-order valence-electron chi connectivity index (χ2n) is 8.57. The van der Waals surface area contributed by atoms with Gasteiger partial charge in [0.15, 0.2) is 17.3 Å². The Bertz CT molecular complexity index is 1690. The maximum Gasteiger partial charge on any atom is 0.339 e. The van der Waals surface area contributed by atoms with E-state index in [2.05, 4.69) is 4.98 Å². The lowest BCUT2D eigenvalue weighted by atomic mass is 9.86. The summed E-state index contributed by atoms with van der Waals surface area (Å²) in [6.45, 7) is 3.57. The molecule has 0 amide bonds. The molecular formula is C27H19NO8S2. The van der Waals surface area contributed by atoms with Crippen LogP contribution in [-0.2, 0) is 20.2 Å². The summed E-state index contributed by atoms with van der Waals surface area (Å²) < 4.78 is 62.6. The van der Waals surface area contributed by atoms with Crippen molar-refractivity contribution in [1.82, 2.24) is 4.98 Å². The maximum atomic E-state index is 13.5. The molecule has 0 N–H and O–H groups in total. The van der Waals surface area contributed by atoms with Crippen LogP contribution in [0, 0.1) is 13.8 Å². The van der Waals surface area contributed by atoms with Gasteiger partial charge in [-0.25, -0.2) is 0 Å². The summed E-state index contributed by atoms with van der Waals surface area (Å²) in [5.41, 5.74) is 0.433. The molecule has 0 saturated carbocycles.